The molecule has 2 aliphatic heterocycles. The van der Waals surface area contributed by atoms with Crippen molar-refractivity contribution < 1.29 is 4.79 Å². The van der Waals surface area contributed by atoms with Gasteiger partial charge < -0.3 is 10.6 Å². The topological polar surface area (TPSA) is 71.8 Å². The van der Waals surface area contributed by atoms with Gasteiger partial charge in [-0.3, -0.25) is 4.79 Å². The molecule has 2 N–H and O–H groups in total. The van der Waals surface area contributed by atoms with Gasteiger partial charge in [-0.2, -0.15) is 0 Å². The number of amides is 1. The number of carbonyl (C=O) groups is 1. The Morgan fingerprint density at radius 1 is 1.15 bits per heavy atom. The summed E-state index contributed by atoms with van der Waals surface area (Å²) in [5.41, 5.74) is 0.780. The molecular weight excluding hydrogens is 350 g/mol. The Morgan fingerprint density at radius 2 is 1.88 bits per heavy atom. The Balaban J connectivity index is 1.40. The van der Waals surface area contributed by atoms with Crippen LogP contribution < -0.4 is 10.6 Å². The number of halogens is 1. The lowest BCUT2D eigenvalue weighted by Gasteiger charge is -2.29. The van der Waals surface area contributed by atoms with Crippen LogP contribution in [0, 0.1) is 0 Å². The lowest BCUT2D eigenvalue weighted by atomic mass is 10.00. The van der Waals surface area contributed by atoms with E-state index in [-0.39, 0.29) is 17.8 Å². The highest BCUT2D eigenvalue weighted by molar-refractivity contribution is 6.32. The predicted octanol–water partition coefficient (Wildman–Crippen LogP) is 2.81. The van der Waals surface area contributed by atoms with Gasteiger partial charge in [-0.25, -0.2) is 9.67 Å². The molecule has 2 atom stereocenters. The number of carbonyl (C=O) groups excluding carboxylic acids is 1. The highest BCUT2D eigenvalue weighted by atomic mass is 35.5. The van der Waals surface area contributed by atoms with Crippen LogP contribution in [0.2, 0.25) is 5.02 Å². The van der Waals surface area contributed by atoms with Crippen LogP contribution in [-0.4, -0.2) is 38.8 Å². The third kappa shape index (κ3) is 3.01. The number of benzene rings is 1. The highest BCUT2D eigenvalue weighted by Crippen LogP contribution is 2.40. The summed E-state index contributed by atoms with van der Waals surface area (Å²) in [7, 11) is 0. The number of rotatable bonds is 4. The first kappa shape index (κ1) is 16.3. The number of hydrogen-bond acceptors (Lipinski definition) is 4. The van der Waals surface area contributed by atoms with E-state index in [9.17, 15) is 4.79 Å². The SMILES string of the molecule is O=C(NC1CC2CCC(C1)N2)c1nc(C2CC2)n(-c2ccccc2Cl)n1. The number of nitrogens with one attached hydrogen (secondary N) is 2. The molecule has 2 unspecified atom stereocenters. The molecule has 2 aromatic rings. The van der Waals surface area contributed by atoms with E-state index in [0.29, 0.717) is 23.0 Å². The van der Waals surface area contributed by atoms with Gasteiger partial charge in [0.15, 0.2) is 0 Å². The van der Waals surface area contributed by atoms with Crippen molar-refractivity contribution in [3.63, 3.8) is 0 Å². The molecule has 1 amide bonds. The summed E-state index contributed by atoms with van der Waals surface area (Å²) in [5, 5.41) is 11.9. The van der Waals surface area contributed by atoms with Crippen molar-refractivity contribution in [3.8, 4) is 5.69 Å². The molecule has 5 rings (SSSR count). The molecule has 26 heavy (non-hydrogen) atoms. The van der Waals surface area contributed by atoms with Crippen molar-refractivity contribution in [3.05, 3.63) is 40.9 Å². The second kappa shape index (κ2) is 6.35. The average Bonchev–Trinajstić information content (AvgIpc) is 3.29. The van der Waals surface area contributed by atoms with Crippen LogP contribution in [0.1, 0.15) is 60.9 Å². The molecule has 0 radical (unpaired) electrons. The van der Waals surface area contributed by atoms with Gasteiger partial charge in [0.25, 0.3) is 5.91 Å². The minimum absolute atomic E-state index is 0.177. The molecule has 7 heteroatoms. The largest absolute Gasteiger partial charge is 0.346 e. The number of fused-ring (bicyclic) bond motifs is 2. The van der Waals surface area contributed by atoms with E-state index >= 15 is 0 Å². The quantitative estimate of drug-likeness (QED) is 0.866. The molecule has 3 aliphatic rings. The summed E-state index contributed by atoms with van der Waals surface area (Å²) in [5.74, 6) is 1.28. The van der Waals surface area contributed by atoms with Crippen LogP contribution in [0.5, 0.6) is 0 Å². The zero-order chi connectivity index (χ0) is 17.7. The Bertz CT molecular complexity index is 834. The maximum atomic E-state index is 12.8. The maximum absolute atomic E-state index is 12.8. The smallest absolute Gasteiger partial charge is 0.291 e. The summed E-state index contributed by atoms with van der Waals surface area (Å²) in [6, 6.07) is 8.83. The van der Waals surface area contributed by atoms with Crippen LogP contribution in [0.3, 0.4) is 0 Å². The van der Waals surface area contributed by atoms with Crippen LogP contribution >= 0.6 is 11.6 Å². The fourth-order valence-corrected chi connectivity index (χ4v) is 4.47. The minimum atomic E-state index is -0.177. The van der Waals surface area contributed by atoms with Crippen LogP contribution in [0.4, 0.5) is 0 Å². The van der Waals surface area contributed by atoms with E-state index in [1.807, 2.05) is 24.3 Å². The molecule has 1 saturated carbocycles. The fraction of sp³-hybridized carbons (Fsp3) is 0.526. The van der Waals surface area contributed by atoms with Gasteiger partial charge in [0.05, 0.1) is 10.7 Å². The van der Waals surface area contributed by atoms with Gasteiger partial charge in [-0.15, -0.1) is 5.10 Å². The molecule has 136 valence electrons. The zero-order valence-corrected chi connectivity index (χ0v) is 15.2. The van der Waals surface area contributed by atoms with E-state index in [1.54, 1.807) is 4.68 Å². The van der Waals surface area contributed by atoms with Gasteiger partial charge >= 0.3 is 0 Å². The molecule has 3 heterocycles. The number of nitrogens with zero attached hydrogens (tertiary/aromatic N) is 3. The lowest BCUT2D eigenvalue weighted by molar-refractivity contribution is 0.0913. The minimum Gasteiger partial charge on any atom is -0.346 e. The van der Waals surface area contributed by atoms with Crippen molar-refractivity contribution in [2.24, 2.45) is 0 Å². The van der Waals surface area contributed by atoms with Crippen molar-refractivity contribution >= 4 is 17.5 Å². The zero-order valence-electron chi connectivity index (χ0n) is 14.5. The number of hydrogen-bond donors (Lipinski definition) is 2. The summed E-state index contributed by atoms with van der Waals surface area (Å²) >= 11 is 6.34. The van der Waals surface area contributed by atoms with Crippen LogP contribution in [0.25, 0.3) is 5.69 Å². The van der Waals surface area contributed by atoms with E-state index in [4.69, 9.17) is 11.6 Å². The van der Waals surface area contributed by atoms with E-state index < -0.39 is 0 Å². The summed E-state index contributed by atoms with van der Waals surface area (Å²) in [6.07, 6.45) is 6.57. The van der Waals surface area contributed by atoms with Gasteiger partial charge in [0.1, 0.15) is 5.82 Å². The number of aromatic nitrogens is 3. The molecule has 1 aromatic heterocycles. The molecule has 1 aliphatic carbocycles. The maximum Gasteiger partial charge on any atom is 0.291 e. The Kier molecular flexibility index (Phi) is 3.98. The monoisotopic (exact) mass is 371 g/mol. The van der Waals surface area contributed by atoms with Gasteiger partial charge in [-0.1, -0.05) is 23.7 Å². The van der Waals surface area contributed by atoms with Gasteiger partial charge in [-0.05, 0) is 50.7 Å². The Morgan fingerprint density at radius 3 is 2.58 bits per heavy atom. The number of para-hydroxylation sites is 1. The first-order valence-electron chi connectivity index (χ1n) is 9.46. The number of piperidine rings is 1. The summed E-state index contributed by atoms with van der Waals surface area (Å²) in [6.45, 7) is 0. The van der Waals surface area contributed by atoms with E-state index in [0.717, 1.165) is 37.2 Å². The van der Waals surface area contributed by atoms with E-state index in [2.05, 4.69) is 20.7 Å². The summed E-state index contributed by atoms with van der Waals surface area (Å²) in [4.78, 5) is 17.3. The lowest BCUT2D eigenvalue weighted by Crippen LogP contribution is -2.48. The average molecular weight is 372 g/mol. The second-order valence-corrected chi connectivity index (χ2v) is 8.12. The second-order valence-electron chi connectivity index (χ2n) is 7.71. The Labute approximate surface area is 157 Å². The highest BCUT2D eigenvalue weighted by Gasteiger charge is 2.36. The third-order valence-electron chi connectivity index (χ3n) is 5.67. The predicted molar refractivity (Wildman–Crippen MR) is 98.8 cm³/mol. The molecule has 2 bridgehead atoms. The van der Waals surface area contributed by atoms with Crippen LogP contribution in [0.15, 0.2) is 24.3 Å². The molecule has 1 aromatic carbocycles. The molecule has 0 spiro atoms. The molecule has 3 fully saturated rings. The first-order valence-corrected chi connectivity index (χ1v) is 9.84. The first-order chi connectivity index (χ1) is 12.7. The third-order valence-corrected chi connectivity index (χ3v) is 5.99. The van der Waals surface area contributed by atoms with Crippen molar-refractivity contribution in [1.29, 1.82) is 0 Å². The molecule has 6 nitrogen and oxygen atoms in total. The van der Waals surface area contributed by atoms with Crippen LogP contribution in [-0.2, 0) is 0 Å². The van der Waals surface area contributed by atoms with Crippen molar-refractivity contribution in [2.75, 3.05) is 0 Å². The standard InChI is InChI=1S/C19H22ClN5O/c20-15-3-1-2-4-16(15)25-18(11-5-6-11)23-17(24-25)19(26)22-14-9-12-7-8-13(10-14)21-12/h1-4,11-14,21H,5-10H2,(H,22,26). The molecule has 2 saturated heterocycles. The van der Waals surface area contributed by atoms with Gasteiger partial charge in [0, 0.05) is 24.0 Å². The molecular formula is C19H22ClN5O. The fourth-order valence-electron chi connectivity index (χ4n) is 4.25. The Hall–Kier alpha value is -1.92. The van der Waals surface area contributed by atoms with E-state index in [1.165, 1.54) is 12.8 Å². The summed E-state index contributed by atoms with van der Waals surface area (Å²) < 4.78 is 1.75. The van der Waals surface area contributed by atoms with Crippen molar-refractivity contribution in [2.45, 2.75) is 62.6 Å². The van der Waals surface area contributed by atoms with Gasteiger partial charge in [0.2, 0.25) is 5.82 Å². The normalized spacial score (nSPS) is 27.5. The van der Waals surface area contributed by atoms with Crippen molar-refractivity contribution in [1.82, 2.24) is 25.4 Å².